The van der Waals surface area contributed by atoms with E-state index in [1.54, 1.807) is 6.92 Å². The Balaban J connectivity index is 2.63. The lowest BCUT2D eigenvalue weighted by atomic mass is 9.89. The molecule has 1 aliphatic rings. The smallest absolute Gasteiger partial charge is 0.154 e. The Hall–Kier alpha value is -0.590. The molecule has 0 aliphatic heterocycles. The van der Waals surface area contributed by atoms with E-state index in [9.17, 15) is 10.4 Å². The van der Waals surface area contributed by atoms with Crippen LogP contribution in [0.5, 0.6) is 0 Å². The molecule has 1 aliphatic carbocycles. The molecule has 1 saturated carbocycles. The minimum atomic E-state index is -0.685. The maximum atomic E-state index is 9.64. The molecule has 1 rings (SSSR count). The highest BCUT2D eigenvalue weighted by Gasteiger charge is 2.33. The molecule has 0 saturated heterocycles. The number of ether oxygens (including phenoxy) is 1. The Morgan fingerprint density at radius 3 is 1.65 bits per heavy atom. The van der Waals surface area contributed by atoms with Gasteiger partial charge in [0, 0.05) is 0 Å². The molecule has 0 radical (unpaired) electrons. The zero-order valence-corrected chi connectivity index (χ0v) is 13.2. The van der Waals surface area contributed by atoms with Crippen molar-refractivity contribution in [2.75, 3.05) is 0 Å². The van der Waals surface area contributed by atoms with Crippen LogP contribution in [0, 0.1) is 11.3 Å². The van der Waals surface area contributed by atoms with E-state index in [1.807, 2.05) is 6.92 Å². The third-order valence-corrected chi connectivity index (χ3v) is 4.46. The van der Waals surface area contributed by atoms with Gasteiger partial charge >= 0.3 is 0 Å². The van der Waals surface area contributed by atoms with Gasteiger partial charge in [0.05, 0.1) is 18.3 Å². The molecule has 0 aromatic rings. The Labute approximate surface area is 124 Å². The monoisotopic (exact) mass is 281 g/mol. The third-order valence-electron chi connectivity index (χ3n) is 4.46. The Bertz CT molecular complexity index is 284. The highest BCUT2D eigenvalue weighted by molar-refractivity contribution is 5.02. The van der Waals surface area contributed by atoms with Crippen molar-refractivity contribution < 1.29 is 9.84 Å². The summed E-state index contributed by atoms with van der Waals surface area (Å²) in [6.45, 7) is 3.59. The van der Waals surface area contributed by atoms with E-state index in [-0.39, 0.29) is 6.10 Å². The Kier molecular flexibility index (Phi) is 8.18. The normalized spacial score (nSPS) is 24.7. The number of rotatable bonds is 3. The van der Waals surface area contributed by atoms with Crippen LogP contribution in [0.3, 0.4) is 0 Å². The average molecular weight is 281 g/mol. The van der Waals surface area contributed by atoms with E-state index in [2.05, 4.69) is 6.07 Å². The quantitative estimate of drug-likeness (QED) is 0.837. The lowest BCUT2D eigenvalue weighted by Gasteiger charge is -2.32. The Morgan fingerprint density at radius 1 is 0.900 bits per heavy atom. The zero-order chi connectivity index (χ0) is 14.8. The maximum Gasteiger partial charge on any atom is 0.154 e. The van der Waals surface area contributed by atoms with Crippen LogP contribution < -0.4 is 0 Å². The van der Waals surface area contributed by atoms with Gasteiger partial charge in [-0.25, -0.2) is 0 Å². The molecular weight excluding hydrogens is 250 g/mol. The molecule has 0 aromatic carbocycles. The summed E-state index contributed by atoms with van der Waals surface area (Å²) in [5.74, 6) is 0. The summed E-state index contributed by atoms with van der Waals surface area (Å²) in [7, 11) is 0. The molecule has 0 bridgehead atoms. The second-order valence-electron chi connectivity index (χ2n) is 6.35. The molecule has 2 unspecified atom stereocenters. The molecule has 0 heterocycles. The molecular formula is C17H31NO2. The SMILES string of the molecule is CC(O)C(C)OC1(C#N)CCCCCCCCCCC1. The fourth-order valence-electron chi connectivity index (χ4n) is 2.89. The van der Waals surface area contributed by atoms with E-state index in [0.717, 1.165) is 25.7 Å². The van der Waals surface area contributed by atoms with Crippen LogP contribution in [0.15, 0.2) is 0 Å². The van der Waals surface area contributed by atoms with Crippen molar-refractivity contribution >= 4 is 0 Å². The largest absolute Gasteiger partial charge is 0.391 e. The number of nitrogens with zero attached hydrogens (tertiary/aromatic N) is 1. The van der Waals surface area contributed by atoms with Gasteiger partial charge in [-0.1, -0.05) is 44.9 Å². The minimum Gasteiger partial charge on any atom is -0.391 e. The van der Waals surface area contributed by atoms with E-state index in [0.29, 0.717) is 0 Å². The third kappa shape index (κ3) is 6.24. The number of nitriles is 1. The van der Waals surface area contributed by atoms with Crippen molar-refractivity contribution in [3.63, 3.8) is 0 Å². The number of hydrogen-bond donors (Lipinski definition) is 1. The first-order valence-corrected chi connectivity index (χ1v) is 8.37. The van der Waals surface area contributed by atoms with Crippen molar-refractivity contribution in [1.82, 2.24) is 0 Å². The number of aliphatic hydroxyl groups is 1. The standard InChI is InChI=1S/C17H31NO2/c1-15(19)16(2)20-17(14-18)12-10-8-6-4-3-5-7-9-11-13-17/h15-16,19H,3-13H2,1-2H3. The van der Waals surface area contributed by atoms with Crippen LogP contribution in [0.2, 0.25) is 0 Å². The second kappa shape index (κ2) is 9.37. The van der Waals surface area contributed by atoms with Crippen molar-refractivity contribution in [3.05, 3.63) is 0 Å². The molecule has 116 valence electrons. The zero-order valence-electron chi connectivity index (χ0n) is 13.2. The number of hydrogen-bond acceptors (Lipinski definition) is 3. The first-order chi connectivity index (χ1) is 9.59. The summed E-state index contributed by atoms with van der Waals surface area (Å²) >= 11 is 0. The lowest BCUT2D eigenvalue weighted by Crippen LogP contribution is -2.38. The van der Waals surface area contributed by atoms with Crippen molar-refractivity contribution in [2.45, 2.75) is 102 Å². The summed E-state index contributed by atoms with van der Waals surface area (Å²) in [6.07, 6.45) is 11.9. The summed E-state index contributed by atoms with van der Waals surface area (Å²) in [6, 6.07) is 2.42. The van der Waals surface area contributed by atoms with Gasteiger partial charge in [-0.2, -0.15) is 5.26 Å². The lowest BCUT2D eigenvalue weighted by molar-refractivity contribution is -0.104. The fraction of sp³-hybridized carbons (Fsp3) is 0.941. The van der Waals surface area contributed by atoms with Crippen LogP contribution in [-0.2, 0) is 4.74 Å². The predicted molar refractivity (Wildman–Crippen MR) is 81.4 cm³/mol. The highest BCUT2D eigenvalue weighted by atomic mass is 16.5. The van der Waals surface area contributed by atoms with Gasteiger partial charge in [-0.3, -0.25) is 0 Å². The molecule has 3 nitrogen and oxygen atoms in total. The van der Waals surface area contributed by atoms with E-state index in [4.69, 9.17) is 4.74 Å². The van der Waals surface area contributed by atoms with Crippen LogP contribution in [-0.4, -0.2) is 22.9 Å². The van der Waals surface area contributed by atoms with Crippen LogP contribution in [0.4, 0.5) is 0 Å². The van der Waals surface area contributed by atoms with Gasteiger partial charge < -0.3 is 9.84 Å². The Morgan fingerprint density at radius 2 is 1.30 bits per heavy atom. The fourth-order valence-corrected chi connectivity index (χ4v) is 2.89. The van der Waals surface area contributed by atoms with Crippen LogP contribution in [0.1, 0.15) is 84.5 Å². The van der Waals surface area contributed by atoms with Gasteiger partial charge in [0.25, 0.3) is 0 Å². The van der Waals surface area contributed by atoms with Gasteiger partial charge in [0.1, 0.15) is 0 Å². The van der Waals surface area contributed by atoms with Gasteiger partial charge in [0.15, 0.2) is 5.60 Å². The molecule has 3 heteroatoms. The van der Waals surface area contributed by atoms with E-state index >= 15 is 0 Å². The van der Waals surface area contributed by atoms with Gasteiger partial charge in [0.2, 0.25) is 0 Å². The van der Waals surface area contributed by atoms with Crippen molar-refractivity contribution in [2.24, 2.45) is 0 Å². The second-order valence-corrected chi connectivity index (χ2v) is 6.35. The molecule has 0 spiro atoms. The number of aliphatic hydroxyl groups excluding tert-OH is 1. The highest BCUT2D eigenvalue weighted by Crippen LogP contribution is 2.29. The summed E-state index contributed by atoms with van der Waals surface area (Å²) in [4.78, 5) is 0. The molecule has 20 heavy (non-hydrogen) atoms. The van der Waals surface area contributed by atoms with Crippen molar-refractivity contribution in [3.8, 4) is 6.07 Å². The van der Waals surface area contributed by atoms with E-state index < -0.39 is 11.7 Å². The predicted octanol–water partition coefficient (Wildman–Crippen LogP) is 4.34. The van der Waals surface area contributed by atoms with E-state index in [1.165, 1.54) is 44.9 Å². The minimum absolute atomic E-state index is 0.275. The molecule has 2 atom stereocenters. The maximum absolute atomic E-state index is 9.64. The summed E-state index contributed by atoms with van der Waals surface area (Å²) < 4.78 is 5.98. The first-order valence-electron chi connectivity index (χ1n) is 8.37. The van der Waals surface area contributed by atoms with Crippen molar-refractivity contribution in [1.29, 1.82) is 5.26 Å². The molecule has 0 aromatic heterocycles. The summed E-state index contributed by atoms with van der Waals surface area (Å²) in [5.41, 5.74) is -0.685. The molecule has 1 N–H and O–H groups in total. The van der Waals surface area contributed by atoms with Crippen LogP contribution >= 0.6 is 0 Å². The van der Waals surface area contributed by atoms with Gasteiger partial charge in [-0.05, 0) is 39.5 Å². The molecule has 1 fully saturated rings. The van der Waals surface area contributed by atoms with Gasteiger partial charge in [-0.15, -0.1) is 0 Å². The van der Waals surface area contributed by atoms with Crippen LogP contribution in [0.25, 0.3) is 0 Å². The first kappa shape index (κ1) is 17.5. The summed E-state index contributed by atoms with van der Waals surface area (Å²) in [5, 5.41) is 19.3. The topological polar surface area (TPSA) is 53.2 Å². The molecule has 0 amide bonds. The average Bonchev–Trinajstić information content (AvgIpc) is 2.42.